The monoisotopic (exact) mass is 237 g/mol. The van der Waals surface area contributed by atoms with Crippen LogP contribution in [0.3, 0.4) is 0 Å². The van der Waals surface area contributed by atoms with Crippen LogP contribution in [0.25, 0.3) is 0 Å². The number of hydrogen-bond acceptors (Lipinski definition) is 3. The summed E-state index contributed by atoms with van der Waals surface area (Å²) in [5, 5.41) is 9.59. The summed E-state index contributed by atoms with van der Waals surface area (Å²) in [6.45, 7) is 0. The van der Waals surface area contributed by atoms with Crippen molar-refractivity contribution in [1.29, 1.82) is 0 Å². The average molecular weight is 237 g/mol. The molecule has 1 heterocycles. The smallest absolute Gasteiger partial charge is 0.355 e. The second-order valence-electron chi connectivity index (χ2n) is 4.03. The fourth-order valence-corrected chi connectivity index (χ4v) is 3.35. The number of carboxylic acid groups (broad SMARTS) is 1. The molecule has 2 rings (SSSR count). The Balaban J connectivity index is 2.10. The number of carbonyl (C=O) groups is 1. The summed E-state index contributed by atoms with van der Waals surface area (Å²) in [6, 6.07) is 3.66. The van der Waals surface area contributed by atoms with E-state index >= 15 is 0 Å². The zero-order valence-electron chi connectivity index (χ0n) is 9.06. The number of pyridine rings is 1. The molecule has 0 radical (unpaired) electrons. The van der Waals surface area contributed by atoms with Gasteiger partial charge in [0.05, 0.1) is 0 Å². The molecule has 0 unspecified atom stereocenters. The largest absolute Gasteiger partial charge is 0.476 e. The third kappa shape index (κ3) is 2.76. The molecule has 0 amide bonds. The van der Waals surface area contributed by atoms with Crippen LogP contribution in [0.1, 0.15) is 42.6 Å². The van der Waals surface area contributed by atoms with E-state index in [1.54, 1.807) is 17.8 Å². The van der Waals surface area contributed by atoms with Crippen LogP contribution in [0.5, 0.6) is 0 Å². The lowest BCUT2D eigenvalue weighted by molar-refractivity contribution is 0.0686. The van der Waals surface area contributed by atoms with Crippen LogP contribution in [0, 0.1) is 0 Å². The standard InChI is InChI=1S/C12H15NO2S/c14-12(15)11-10(7-4-8-13-11)16-9-5-2-1-3-6-9/h4,7-9H,1-3,5-6H2,(H,14,15). The Kier molecular flexibility index (Phi) is 3.83. The normalized spacial score (nSPS) is 17.2. The van der Waals surface area contributed by atoms with Crippen molar-refractivity contribution in [2.24, 2.45) is 0 Å². The number of nitrogens with zero attached hydrogens (tertiary/aromatic N) is 1. The van der Waals surface area contributed by atoms with Crippen molar-refractivity contribution in [1.82, 2.24) is 4.98 Å². The molecule has 4 heteroatoms. The maximum absolute atomic E-state index is 11.0. The van der Waals surface area contributed by atoms with Crippen molar-refractivity contribution >= 4 is 17.7 Å². The lowest BCUT2D eigenvalue weighted by atomic mass is 10.0. The summed E-state index contributed by atoms with van der Waals surface area (Å²) in [7, 11) is 0. The molecule has 0 saturated heterocycles. The van der Waals surface area contributed by atoms with Gasteiger partial charge in [-0.1, -0.05) is 19.3 Å². The predicted molar refractivity (Wildman–Crippen MR) is 63.9 cm³/mol. The Morgan fingerprint density at radius 1 is 1.38 bits per heavy atom. The summed E-state index contributed by atoms with van der Waals surface area (Å²) >= 11 is 1.68. The van der Waals surface area contributed by atoms with Crippen LogP contribution in [-0.2, 0) is 0 Å². The number of hydrogen-bond donors (Lipinski definition) is 1. The predicted octanol–water partition coefficient (Wildman–Crippen LogP) is 3.20. The van der Waals surface area contributed by atoms with E-state index in [4.69, 9.17) is 5.11 Å². The molecular weight excluding hydrogens is 222 g/mol. The van der Waals surface area contributed by atoms with Gasteiger partial charge in [0.25, 0.3) is 0 Å². The first-order chi connectivity index (χ1) is 7.77. The third-order valence-corrected chi connectivity index (χ3v) is 4.21. The first-order valence-corrected chi connectivity index (χ1v) is 6.50. The maximum Gasteiger partial charge on any atom is 0.355 e. The highest BCUT2D eigenvalue weighted by Gasteiger charge is 2.18. The first-order valence-electron chi connectivity index (χ1n) is 5.62. The molecule has 16 heavy (non-hydrogen) atoms. The van der Waals surface area contributed by atoms with Gasteiger partial charge in [-0.25, -0.2) is 9.78 Å². The number of aromatic nitrogens is 1. The highest BCUT2D eigenvalue weighted by molar-refractivity contribution is 8.00. The van der Waals surface area contributed by atoms with E-state index in [0.717, 1.165) is 4.90 Å². The molecule has 86 valence electrons. The molecule has 1 aliphatic rings. The highest BCUT2D eigenvalue weighted by Crippen LogP contribution is 2.34. The SMILES string of the molecule is O=C(O)c1ncccc1SC1CCCCC1. The molecule has 0 spiro atoms. The average Bonchev–Trinajstić information content (AvgIpc) is 2.31. The van der Waals surface area contributed by atoms with Gasteiger partial charge in [-0.2, -0.15) is 0 Å². The minimum Gasteiger partial charge on any atom is -0.476 e. The molecule has 0 aliphatic heterocycles. The zero-order chi connectivity index (χ0) is 11.4. The van der Waals surface area contributed by atoms with Crippen molar-refractivity contribution in [3.63, 3.8) is 0 Å². The molecular formula is C12H15NO2S. The van der Waals surface area contributed by atoms with Gasteiger partial charge >= 0.3 is 5.97 Å². The fraction of sp³-hybridized carbons (Fsp3) is 0.500. The molecule has 0 aromatic carbocycles. The molecule has 0 bridgehead atoms. The van der Waals surface area contributed by atoms with Gasteiger partial charge in [0, 0.05) is 16.3 Å². The van der Waals surface area contributed by atoms with Crippen molar-refractivity contribution in [2.75, 3.05) is 0 Å². The van der Waals surface area contributed by atoms with Gasteiger partial charge in [-0.3, -0.25) is 0 Å². The Labute approximate surface area is 99.3 Å². The van der Waals surface area contributed by atoms with Crippen LogP contribution in [-0.4, -0.2) is 21.3 Å². The maximum atomic E-state index is 11.0. The van der Waals surface area contributed by atoms with Crippen LogP contribution < -0.4 is 0 Å². The molecule has 1 N–H and O–H groups in total. The Morgan fingerprint density at radius 3 is 2.81 bits per heavy atom. The van der Waals surface area contributed by atoms with E-state index in [2.05, 4.69) is 4.98 Å². The number of carboxylic acids is 1. The Bertz CT molecular complexity index is 375. The minimum absolute atomic E-state index is 0.193. The molecule has 1 aliphatic carbocycles. The van der Waals surface area contributed by atoms with Gasteiger partial charge in [0.2, 0.25) is 0 Å². The second kappa shape index (κ2) is 5.34. The Morgan fingerprint density at radius 2 is 2.12 bits per heavy atom. The first kappa shape index (κ1) is 11.5. The van der Waals surface area contributed by atoms with E-state index in [1.807, 2.05) is 6.07 Å². The van der Waals surface area contributed by atoms with Crippen LogP contribution >= 0.6 is 11.8 Å². The van der Waals surface area contributed by atoms with Crippen molar-refractivity contribution in [3.8, 4) is 0 Å². The van der Waals surface area contributed by atoms with Crippen molar-refractivity contribution in [3.05, 3.63) is 24.0 Å². The molecule has 1 aromatic rings. The van der Waals surface area contributed by atoms with E-state index < -0.39 is 5.97 Å². The minimum atomic E-state index is -0.932. The lowest BCUT2D eigenvalue weighted by Crippen LogP contribution is -2.10. The summed E-state index contributed by atoms with van der Waals surface area (Å²) in [6.07, 6.45) is 7.77. The van der Waals surface area contributed by atoms with Gasteiger partial charge in [-0.15, -0.1) is 11.8 Å². The molecule has 1 fully saturated rings. The highest BCUT2D eigenvalue weighted by atomic mass is 32.2. The summed E-state index contributed by atoms with van der Waals surface area (Å²) in [4.78, 5) is 15.7. The molecule has 0 atom stereocenters. The molecule has 3 nitrogen and oxygen atoms in total. The molecule has 1 saturated carbocycles. The summed E-state index contributed by atoms with van der Waals surface area (Å²) in [5.74, 6) is -0.932. The second-order valence-corrected chi connectivity index (χ2v) is 5.38. The van der Waals surface area contributed by atoms with Crippen LogP contribution in [0.2, 0.25) is 0 Å². The van der Waals surface area contributed by atoms with Crippen LogP contribution in [0.15, 0.2) is 23.2 Å². The lowest BCUT2D eigenvalue weighted by Gasteiger charge is -2.21. The number of rotatable bonds is 3. The summed E-state index contributed by atoms with van der Waals surface area (Å²) < 4.78 is 0. The Hall–Kier alpha value is -1.03. The topological polar surface area (TPSA) is 50.2 Å². The van der Waals surface area contributed by atoms with Crippen molar-refractivity contribution in [2.45, 2.75) is 42.2 Å². The van der Waals surface area contributed by atoms with E-state index in [0.29, 0.717) is 5.25 Å². The van der Waals surface area contributed by atoms with E-state index in [1.165, 1.54) is 38.3 Å². The summed E-state index contributed by atoms with van der Waals surface area (Å²) in [5.41, 5.74) is 0.193. The number of aromatic carboxylic acids is 1. The van der Waals surface area contributed by atoms with E-state index in [9.17, 15) is 4.79 Å². The number of thioether (sulfide) groups is 1. The van der Waals surface area contributed by atoms with E-state index in [-0.39, 0.29) is 5.69 Å². The quantitative estimate of drug-likeness (QED) is 0.877. The molecule has 1 aromatic heterocycles. The van der Waals surface area contributed by atoms with Gasteiger partial charge in [-0.05, 0) is 25.0 Å². The third-order valence-electron chi connectivity index (χ3n) is 2.82. The fourth-order valence-electron chi connectivity index (χ4n) is 2.01. The van der Waals surface area contributed by atoms with Crippen molar-refractivity contribution < 1.29 is 9.90 Å². The van der Waals surface area contributed by atoms with Gasteiger partial charge in [0.1, 0.15) is 0 Å². The van der Waals surface area contributed by atoms with Gasteiger partial charge < -0.3 is 5.11 Å². The zero-order valence-corrected chi connectivity index (χ0v) is 9.87. The van der Waals surface area contributed by atoms with Gasteiger partial charge in [0.15, 0.2) is 5.69 Å². The van der Waals surface area contributed by atoms with Crippen LogP contribution in [0.4, 0.5) is 0 Å².